The topological polar surface area (TPSA) is 63.1 Å². The van der Waals surface area contributed by atoms with Crippen LogP contribution in [0.1, 0.15) is 10.5 Å². The highest BCUT2D eigenvalue weighted by Gasteiger charge is 2.20. The van der Waals surface area contributed by atoms with Crippen molar-refractivity contribution in [3.05, 3.63) is 42.2 Å². The third-order valence-electron chi connectivity index (χ3n) is 3.10. The third kappa shape index (κ3) is 2.97. The molecule has 1 aromatic heterocycles. The molecule has 1 fully saturated rings. The normalized spacial score (nSPS) is 14.7. The number of hydrogen-bond donors (Lipinski definition) is 1. The second-order valence-electron chi connectivity index (χ2n) is 4.40. The molecule has 1 aliphatic heterocycles. The molecule has 1 N–H and O–H groups in total. The number of amides is 1. The highest BCUT2D eigenvalue weighted by atomic mass is 35.5. The van der Waals surface area contributed by atoms with Crippen molar-refractivity contribution < 1.29 is 4.79 Å². The van der Waals surface area contributed by atoms with Crippen molar-refractivity contribution >= 4 is 18.3 Å². The van der Waals surface area contributed by atoms with E-state index < -0.39 is 0 Å². The standard InChI is InChI=1S/C13H15N5O.ClH/c19-13(17-8-6-14-7-9-17)12-10-15-18(16-12)11-4-2-1-3-5-11;/h1-5,10,14H,6-9H2;1H. The second-order valence-corrected chi connectivity index (χ2v) is 4.40. The van der Waals surface area contributed by atoms with E-state index in [2.05, 4.69) is 15.5 Å². The van der Waals surface area contributed by atoms with Gasteiger partial charge in [0.15, 0.2) is 5.69 Å². The van der Waals surface area contributed by atoms with Crippen LogP contribution in [-0.4, -0.2) is 52.0 Å². The summed E-state index contributed by atoms with van der Waals surface area (Å²) in [5.74, 6) is -0.0521. The van der Waals surface area contributed by atoms with Crippen LogP contribution in [0.3, 0.4) is 0 Å². The van der Waals surface area contributed by atoms with Crippen molar-refractivity contribution in [1.29, 1.82) is 0 Å². The molecule has 1 amide bonds. The van der Waals surface area contributed by atoms with Crippen LogP contribution in [0.4, 0.5) is 0 Å². The van der Waals surface area contributed by atoms with Crippen LogP contribution < -0.4 is 5.32 Å². The zero-order valence-corrected chi connectivity index (χ0v) is 11.7. The van der Waals surface area contributed by atoms with Gasteiger partial charge in [0.25, 0.3) is 5.91 Å². The van der Waals surface area contributed by atoms with Crippen molar-refractivity contribution in [3.8, 4) is 5.69 Å². The Labute approximate surface area is 123 Å². The second kappa shape index (κ2) is 6.49. The molecule has 0 radical (unpaired) electrons. The van der Waals surface area contributed by atoms with Gasteiger partial charge in [-0.3, -0.25) is 4.79 Å². The van der Waals surface area contributed by atoms with Gasteiger partial charge in [-0.15, -0.1) is 17.5 Å². The van der Waals surface area contributed by atoms with E-state index in [9.17, 15) is 4.79 Å². The number of carbonyl (C=O) groups is 1. The average Bonchev–Trinajstić information content (AvgIpc) is 2.98. The molecule has 0 atom stereocenters. The van der Waals surface area contributed by atoms with Crippen molar-refractivity contribution in [3.63, 3.8) is 0 Å². The summed E-state index contributed by atoms with van der Waals surface area (Å²) in [5.41, 5.74) is 1.24. The molecule has 1 aromatic carbocycles. The quantitative estimate of drug-likeness (QED) is 0.887. The van der Waals surface area contributed by atoms with Gasteiger partial charge in [-0.25, -0.2) is 0 Å². The summed E-state index contributed by atoms with van der Waals surface area (Å²) in [6, 6.07) is 9.56. The zero-order valence-electron chi connectivity index (χ0n) is 10.9. The van der Waals surface area contributed by atoms with Gasteiger partial charge in [0.1, 0.15) is 0 Å². The molecule has 2 heterocycles. The van der Waals surface area contributed by atoms with E-state index in [0.717, 1.165) is 31.9 Å². The predicted molar refractivity (Wildman–Crippen MR) is 77.4 cm³/mol. The van der Waals surface area contributed by atoms with Crippen molar-refractivity contribution in [2.24, 2.45) is 0 Å². The molecule has 2 aromatic rings. The number of hydrogen-bond acceptors (Lipinski definition) is 4. The lowest BCUT2D eigenvalue weighted by Gasteiger charge is -2.26. The number of para-hydroxylation sites is 1. The molecular formula is C13H16ClN5O. The van der Waals surface area contributed by atoms with E-state index in [1.54, 1.807) is 4.90 Å². The monoisotopic (exact) mass is 293 g/mol. The molecule has 0 bridgehead atoms. The van der Waals surface area contributed by atoms with Gasteiger partial charge >= 0.3 is 0 Å². The lowest BCUT2D eigenvalue weighted by atomic mass is 10.3. The molecule has 0 unspecified atom stereocenters. The fraction of sp³-hybridized carbons (Fsp3) is 0.308. The molecule has 7 heteroatoms. The maximum atomic E-state index is 12.2. The molecule has 0 spiro atoms. The fourth-order valence-corrected chi connectivity index (χ4v) is 2.08. The molecule has 0 aliphatic carbocycles. The summed E-state index contributed by atoms with van der Waals surface area (Å²) >= 11 is 0. The van der Waals surface area contributed by atoms with E-state index in [4.69, 9.17) is 0 Å². The van der Waals surface area contributed by atoms with Crippen molar-refractivity contribution in [2.75, 3.05) is 26.2 Å². The summed E-state index contributed by atoms with van der Waals surface area (Å²) < 4.78 is 0. The summed E-state index contributed by atoms with van der Waals surface area (Å²) in [6.45, 7) is 3.10. The maximum Gasteiger partial charge on any atom is 0.276 e. The van der Waals surface area contributed by atoms with E-state index in [1.807, 2.05) is 30.3 Å². The van der Waals surface area contributed by atoms with Gasteiger partial charge in [-0.2, -0.15) is 9.90 Å². The Balaban J connectivity index is 0.00000147. The number of benzene rings is 1. The lowest BCUT2D eigenvalue weighted by Crippen LogP contribution is -2.46. The first-order valence-corrected chi connectivity index (χ1v) is 6.32. The van der Waals surface area contributed by atoms with Gasteiger partial charge in [0.05, 0.1) is 11.9 Å². The molecule has 1 aliphatic rings. The molecule has 106 valence electrons. The third-order valence-corrected chi connectivity index (χ3v) is 3.10. The van der Waals surface area contributed by atoms with Crippen LogP contribution in [0.5, 0.6) is 0 Å². The fourth-order valence-electron chi connectivity index (χ4n) is 2.08. The number of nitrogens with one attached hydrogen (secondary N) is 1. The molecule has 1 saturated heterocycles. The Morgan fingerprint density at radius 1 is 1.15 bits per heavy atom. The number of carbonyl (C=O) groups excluding carboxylic acids is 1. The first kappa shape index (κ1) is 14.5. The maximum absolute atomic E-state index is 12.2. The van der Waals surface area contributed by atoms with E-state index in [1.165, 1.54) is 11.0 Å². The minimum atomic E-state index is -0.0521. The summed E-state index contributed by atoms with van der Waals surface area (Å²) in [6.07, 6.45) is 1.53. The van der Waals surface area contributed by atoms with Crippen molar-refractivity contribution in [2.45, 2.75) is 0 Å². The van der Waals surface area contributed by atoms with Gasteiger partial charge in [-0.05, 0) is 12.1 Å². The SMILES string of the molecule is Cl.O=C(c1cnn(-c2ccccc2)n1)N1CCNCC1. The lowest BCUT2D eigenvalue weighted by molar-refractivity contribution is 0.0729. The van der Waals surface area contributed by atoms with Crippen LogP contribution in [0.15, 0.2) is 36.5 Å². The Hall–Kier alpha value is -1.92. The van der Waals surface area contributed by atoms with Gasteiger partial charge in [-0.1, -0.05) is 18.2 Å². The van der Waals surface area contributed by atoms with Crippen LogP contribution in [0.2, 0.25) is 0 Å². The number of rotatable bonds is 2. The summed E-state index contributed by atoms with van der Waals surface area (Å²) in [7, 11) is 0. The van der Waals surface area contributed by atoms with Crippen LogP contribution >= 0.6 is 12.4 Å². The van der Waals surface area contributed by atoms with Crippen molar-refractivity contribution in [1.82, 2.24) is 25.2 Å². The molecule has 0 saturated carbocycles. The Morgan fingerprint density at radius 3 is 2.55 bits per heavy atom. The van der Waals surface area contributed by atoms with Gasteiger partial charge < -0.3 is 10.2 Å². The van der Waals surface area contributed by atoms with Crippen LogP contribution in [-0.2, 0) is 0 Å². The Bertz CT molecular complexity index is 565. The molecule has 20 heavy (non-hydrogen) atoms. The Morgan fingerprint density at radius 2 is 1.85 bits per heavy atom. The Kier molecular flexibility index (Phi) is 4.70. The highest BCUT2D eigenvalue weighted by Crippen LogP contribution is 2.06. The van der Waals surface area contributed by atoms with Gasteiger partial charge in [0, 0.05) is 26.2 Å². The van der Waals surface area contributed by atoms with Gasteiger partial charge in [0.2, 0.25) is 0 Å². The number of nitrogens with zero attached hydrogens (tertiary/aromatic N) is 4. The highest BCUT2D eigenvalue weighted by molar-refractivity contribution is 5.92. The van der Waals surface area contributed by atoms with E-state index in [-0.39, 0.29) is 18.3 Å². The molecular weight excluding hydrogens is 278 g/mol. The minimum Gasteiger partial charge on any atom is -0.335 e. The zero-order chi connectivity index (χ0) is 13.1. The van der Waals surface area contributed by atoms with E-state index in [0.29, 0.717) is 5.69 Å². The van der Waals surface area contributed by atoms with Crippen LogP contribution in [0.25, 0.3) is 5.69 Å². The first-order valence-electron chi connectivity index (χ1n) is 6.32. The largest absolute Gasteiger partial charge is 0.335 e. The molecule has 6 nitrogen and oxygen atoms in total. The minimum absolute atomic E-state index is 0. The summed E-state index contributed by atoms with van der Waals surface area (Å²) in [4.78, 5) is 15.5. The molecule has 3 rings (SSSR count). The number of piperazine rings is 1. The smallest absolute Gasteiger partial charge is 0.276 e. The first-order chi connectivity index (χ1) is 9.34. The predicted octanol–water partition coefficient (Wildman–Crippen LogP) is 0.734. The number of halogens is 1. The average molecular weight is 294 g/mol. The van der Waals surface area contributed by atoms with E-state index >= 15 is 0 Å². The number of aromatic nitrogens is 3. The van der Waals surface area contributed by atoms with Crippen LogP contribution in [0, 0.1) is 0 Å². The summed E-state index contributed by atoms with van der Waals surface area (Å²) in [5, 5.41) is 11.6.